The Bertz CT molecular complexity index is 790. The molecule has 1 aromatic heterocycles. The van der Waals surface area contributed by atoms with Gasteiger partial charge in [0.25, 0.3) is 0 Å². The summed E-state index contributed by atoms with van der Waals surface area (Å²) in [5.74, 6) is 0.762. The highest BCUT2D eigenvalue weighted by Gasteiger charge is 2.41. The molecule has 8 heteroatoms. The molecular weight excluding hydrogens is 367 g/mol. The van der Waals surface area contributed by atoms with E-state index in [1.54, 1.807) is 7.05 Å². The van der Waals surface area contributed by atoms with Crippen molar-refractivity contribution in [3.8, 4) is 0 Å². The van der Waals surface area contributed by atoms with Gasteiger partial charge >= 0.3 is 6.18 Å². The summed E-state index contributed by atoms with van der Waals surface area (Å²) < 4.78 is 38.6. The number of hydrogen-bond donors (Lipinski definition) is 2. The first-order chi connectivity index (χ1) is 13.4. The molecule has 3 rings (SSSR count). The minimum Gasteiger partial charge on any atom is -0.361 e. The second kappa shape index (κ2) is 8.86. The number of H-pyrrole nitrogens is 1. The largest absolute Gasteiger partial charge is 0.403 e. The van der Waals surface area contributed by atoms with Gasteiger partial charge in [-0.05, 0) is 31.4 Å². The smallest absolute Gasteiger partial charge is 0.361 e. The summed E-state index contributed by atoms with van der Waals surface area (Å²) in [6, 6.07) is 6.84. The number of guanidine groups is 1. The summed E-state index contributed by atoms with van der Waals surface area (Å²) in [4.78, 5) is 11.1. The minimum atomic E-state index is -4.18. The Morgan fingerprint density at radius 3 is 2.61 bits per heavy atom. The molecule has 1 fully saturated rings. The molecular formula is C20H28F3N5. The van der Waals surface area contributed by atoms with Crippen LogP contribution in [0.25, 0.3) is 10.9 Å². The molecule has 0 spiro atoms. The molecule has 1 unspecified atom stereocenters. The highest BCUT2D eigenvalue weighted by Crippen LogP contribution is 2.25. The maximum atomic E-state index is 12.9. The quantitative estimate of drug-likeness (QED) is 0.464. The van der Waals surface area contributed by atoms with E-state index >= 15 is 0 Å². The monoisotopic (exact) mass is 395 g/mol. The highest BCUT2D eigenvalue weighted by atomic mass is 19.4. The fourth-order valence-electron chi connectivity index (χ4n) is 3.68. The Kier molecular flexibility index (Phi) is 6.49. The molecule has 154 valence electrons. The van der Waals surface area contributed by atoms with Crippen LogP contribution in [0.2, 0.25) is 0 Å². The number of aliphatic imine (C=N–C) groups is 1. The lowest BCUT2D eigenvalue weighted by atomic mass is 10.1. The molecule has 2 aromatic rings. The zero-order chi connectivity index (χ0) is 20.1. The van der Waals surface area contributed by atoms with Gasteiger partial charge in [-0.25, -0.2) is 0 Å². The predicted molar refractivity (Wildman–Crippen MR) is 107 cm³/mol. The number of nitrogens with one attached hydrogen (secondary N) is 2. The molecule has 2 N–H and O–H groups in total. The van der Waals surface area contributed by atoms with E-state index in [0.29, 0.717) is 26.2 Å². The number of benzene rings is 1. The summed E-state index contributed by atoms with van der Waals surface area (Å²) in [5, 5.41) is 4.60. The lowest BCUT2D eigenvalue weighted by molar-refractivity contribution is -0.181. The summed E-state index contributed by atoms with van der Waals surface area (Å²) in [5.41, 5.74) is 2.44. The van der Waals surface area contributed by atoms with Gasteiger partial charge in [-0.3, -0.25) is 9.89 Å². The molecule has 2 heterocycles. The first-order valence-electron chi connectivity index (χ1n) is 9.71. The summed E-state index contributed by atoms with van der Waals surface area (Å²) >= 11 is 0. The van der Waals surface area contributed by atoms with E-state index in [1.165, 1.54) is 22.8 Å². The number of alkyl halides is 3. The van der Waals surface area contributed by atoms with E-state index in [0.717, 1.165) is 30.9 Å². The van der Waals surface area contributed by atoms with Crippen LogP contribution in [-0.4, -0.2) is 72.7 Å². The van der Waals surface area contributed by atoms with Crippen molar-refractivity contribution in [2.24, 2.45) is 4.99 Å². The SMILES string of the molecule is CN=C(NCCCc1c[nH]c2ccccc12)N1CCN(C(C)C(F)(F)F)CC1. The van der Waals surface area contributed by atoms with Crippen molar-refractivity contribution in [1.29, 1.82) is 0 Å². The van der Waals surface area contributed by atoms with Crippen LogP contribution in [0.15, 0.2) is 35.5 Å². The normalized spacial score (nSPS) is 17.9. The van der Waals surface area contributed by atoms with Crippen molar-refractivity contribution in [1.82, 2.24) is 20.1 Å². The maximum absolute atomic E-state index is 12.9. The molecule has 0 bridgehead atoms. The number of aryl methyl sites for hydroxylation is 1. The number of para-hydroxylation sites is 1. The number of halogens is 3. The van der Waals surface area contributed by atoms with Crippen LogP contribution < -0.4 is 5.32 Å². The van der Waals surface area contributed by atoms with E-state index < -0.39 is 12.2 Å². The van der Waals surface area contributed by atoms with Gasteiger partial charge in [-0.15, -0.1) is 0 Å². The molecule has 0 saturated carbocycles. The lowest BCUT2D eigenvalue weighted by Gasteiger charge is -2.39. The number of aromatic amines is 1. The Hall–Kier alpha value is -2.22. The fraction of sp³-hybridized carbons (Fsp3) is 0.550. The van der Waals surface area contributed by atoms with Gasteiger partial charge < -0.3 is 15.2 Å². The zero-order valence-electron chi connectivity index (χ0n) is 16.4. The number of aromatic nitrogens is 1. The standard InChI is InChI=1S/C20H28F3N5/c1-15(20(21,22)23)27-10-12-28(13-11-27)19(24-2)25-9-5-6-16-14-26-18-8-4-3-7-17(16)18/h3-4,7-8,14-15,26H,5-6,9-13H2,1-2H3,(H,24,25). The minimum absolute atomic E-state index is 0.386. The number of fused-ring (bicyclic) bond motifs is 1. The van der Waals surface area contributed by atoms with Gasteiger partial charge in [0.1, 0.15) is 6.04 Å². The fourth-order valence-corrected chi connectivity index (χ4v) is 3.68. The second-order valence-electron chi connectivity index (χ2n) is 7.18. The van der Waals surface area contributed by atoms with Crippen molar-refractivity contribution >= 4 is 16.9 Å². The average Bonchev–Trinajstić information content (AvgIpc) is 3.10. The molecule has 1 saturated heterocycles. The van der Waals surface area contributed by atoms with Crippen molar-refractivity contribution in [3.05, 3.63) is 36.0 Å². The van der Waals surface area contributed by atoms with E-state index in [1.807, 2.05) is 17.0 Å². The van der Waals surface area contributed by atoms with E-state index in [4.69, 9.17) is 0 Å². The molecule has 1 atom stereocenters. The first-order valence-corrected chi connectivity index (χ1v) is 9.71. The van der Waals surface area contributed by atoms with E-state index in [-0.39, 0.29) is 0 Å². The van der Waals surface area contributed by atoms with Crippen LogP contribution in [-0.2, 0) is 6.42 Å². The first kappa shape index (κ1) is 20.5. The van der Waals surface area contributed by atoms with Gasteiger partial charge in [-0.2, -0.15) is 13.2 Å². The van der Waals surface area contributed by atoms with Gasteiger partial charge in [0, 0.05) is 56.9 Å². The molecule has 28 heavy (non-hydrogen) atoms. The Balaban J connectivity index is 1.44. The lowest BCUT2D eigenvalue weighted by Crippen LogP contribution is -2.56. The van der Waals surface area contributed by atoms with Crippen molar-refractivity contribution in [2.45, 2.75) is 32.0 Å². The summed E-state index contributed by atoms with van der Waals surface area (Å²) in [6.45, 7) is 3.86. The maximum Gasteiger partial charge on any atom is 0.403 e. The predicted octanol–water partition coefficient (Wildman–Crippen LogP) is 3.24. The molecule has 1 aromatic carbocycles. The molecule has 1 aliphatic rings. The van der Waals surface area contributed by atoms with E-state index in [9.17, 15) is 13.2 Å². The van der Waals surface area contributed by atoms with Crippen molar-refractivity contribution < 1.29 is 13.2 Å². The van der Waals surface area contributed by atoms with Gasteiger partial charge in [-0.1, -0.05) is 18.2 Å². The Morgan fingerprint density at radius 2 is 1.93 bits per heavy atom. The molecule has 0 radical (unpaired) electrons. The van der Waals surface area contributed by atoms with Crippen LogP contribution in [0, 0.1) is 0 Å². The summed E-state index contributed by atoms with van der Waals surface area (Å²) in [7, 11) is 1.71. The summed E-state index contributed by atoms with van der Waals surface area (Å²) in [6.07, 6.45) is -0.220. The number of piperazine rings is 1. The highest BCUT2D eigenvalue weighted by molar-refractivity contribution is 5.83. The number of rotatable bonds is 5. The Morgan fingerprint density at radius 1 is 1.21 bits per heavy atom. The van der Waals surface area contributed by atoms with Gasteiger partial charge in [0.2, 0.25) is 0 Å². The zero-order valence-corrected chi connectivity index (χ0v) is 16.4. The Labute approximate surface area is 163 Å². The number of hydrogen-bond acceptors (Lipinski definition) is 2. The third-order valence-electron chi connectivity index (χ3n) is 5.43. The van der Waals surface area contributed by atoms with Crippen LogP contribution in [0.5, 0.6) is 0 Å². The molecule has 5 nitrogen and oxygen atoms in total. The van der Waals surface area contributed by atoms with Crippen molar-refractivity contribution in [3.63, 3.8) is 0 Å². The van der Waals surface area contributed by atoms with Crippen LogP contribution in [0.4, 0.5) is 13.2 Å². The van der Waals surface area contributed by atoms with Gasteiger partial charge in [0.15, 0.2) is 5.96 Å². The van der Waals surface area contributed by atoms with E-state index in [2.05, 4.69) is 33.6 Å². The third kappa shape index (κ3) is 4.79. The molecule has 0 aliphatic carbocycles. The van der Waals surface area contributed by atoms with Gasteiger partial charge in [0.05, 0.1) is 0 Å². The van der Waals surface area contributed by atoms with Crippen LogP contribution in [0.1, 0.15) is 18.9 Å². The number of nitrogens with zero attached hydrogens (tertiary/aromatic N) is 3. The molecule has 1 aliphatic heterocycles. The second-order valence-corrected chi connectivity index (χ2v) is 7.18. The van der Waals surface area contributed by atoms with Crippen LogP contribution >= 0.6 is 0 Å². The van der Waals surface area contributed by atoms with Crippen LogP contribution in [0.3, 0.4) is 0 Å². The topological polar surface area (TPSA) is 46.7 Å². The average molecular weight is 395 g/mol. The molecule has 0 amide bonds. The third-order valence-corrected chi connectivity index (χ3v) is 5.43. The van der Waals surface area contributed by atoms with Crippen molar-refractivity contribution in [2.75, 3.05) is 39.8 Å².